The lowest BCUT2D eigenvalue weighted by molar-refractivity contribution is 0.114. The highest BCUT2D eigenvalue weighted by Crippen LogP contribution is 2.24. The lowest BCUT2D eigenvalue weighted by atomic mass is 10.0. The van der Waals surface area contributed by atoms with Crippen LogP contribution < -0.4 is 5.73 Å². The van der Waals surface area contributed by atoms with Gasteiger partial charge in [0.05, 0.1) is 0 Å². The van der Waals surface area contributed by atoms with E-state index >= 15 is 0 Å². The van der Waals surface area contributed by atoms with E-state index in [1.807, 2.05) is 7.05 Å². The minimum atomic E-state index is -1.43. The largest absolute Gasteiger partial charge is 0.329 e. The lowest BCUT2D eigenvalue weighted by Gasteiger charge is -2.37. The Labute approximate surface area is 110 Å². The fourth-order valence-corrected chi connectivity index (χ4v) is 2.40. The highest BCUT2D eigenvalue weighted by molar-refractivity contribution is 5.23. The van der Waals surface area contributed by atoms with E-state index in [-0.39, 0.29) is 12.6 Å². The summed E-state index contributed by atoms with van der Waals surface area (Å²) < 4.78 is 39.5. The van der Waals surface area contributed by atoms with Gasteiger partial charge in [0.15, 0.2) is 17.5 Å². The van der Waals surface area contributed by atoms with Crippen molar-refractivity contribution < 1.29 is 13.2 Å². The molecule has 1 heterocycles. The zero-order valence-electron chi connectivity index (χ0n) is 10.9. The number of rotatable bonds is 3. The summed E-state index contributed by atoms with van der Waals surface area (Å²) in [7, 11) is 2.02. The van der Waals surface area contributed by atoms with Gasteiger partial charge in [-0.1, -0.05) is 0 Å². The van der Waals surface area contributed by atoms with Crippen molar-refractivity contribution in [3.8, 4) is 0 Å². The van der Waals surface area contributed by atoms with Crippen LogP contribution in [0, 0.1) is 17.5 Å². The molecule has 0 saturated carbocycles. The summed E-state index contributed by atoms with van der Waals surface area (Å²) in [6.07, 6.45) is 0. The van der Waals surface area contributed by atoms with Gasteiger partial charge in [-0.15, -0.1) is 0 Å². The first-order chi connectivity index (χ1) is 9.02. The molecular weight excluding hydrogens is 255 g/mol. The summed E-state index contributed by atoms with van der Waals surface area (Å²) in [5.41, 5.74) is 6.11. The average Bonchev–Trinajstić information content (AvgIpc) is 2.39. The summed E-state index contributed by atoms with van der Waals surface area (Å²) >= 11 is 0. The van der Waals surface area contributed by atoms with Crippen molar-refractivity contribution >= 4 is 0 Å². The van der Waals surface area contributed by atoms with Gasteiger partial charge >= 0.3 is 0 Å². The molecule has 106 valence electrons. The average molecular weight is 273 g/mol. The number of piperazine rings is 1. The monoisotopic (exact) mass is 273 g/mol. The molecule has 0 amide bonds. The fourth-order valence-electron chi connectivity index (χ4n) is 2.40. The maximum Gasteiger partial charge on any atom is 0.194 e. The van der Waals surface area contributed by atoms with Gasteiger partial charge in [-0.05, 0) is 24.7 Å². The number of hydrogen-bond donors (Lipinski definition) is 1. The number of halogens is 3. The molecule has 1 aromatic carbocycles. The summed E-state index contributed by atoms with van der Waals surface area (Å²) in [6, 6.07) is 1.79. The lowest BCUT2D eigenvalue weighted by Crippen LogP contribution is -2.47. The number of nitrogens with two attached hydrogens (primary N) is 1. The molecule has 0 aromatic heterocycles. The smallest absolute Gasteiger partial charge is 0.194 e. The van der Waals surface area contributed by atoms with Crippen LogP contribution in [-0.4, -0.2) is 49.6 Å². The molecule has 1 saturated heterocycles. The number of likely N-dealkylation sites (N-methyl/N-ethyl adjacent to an activating group) is 1. The Balaban J connectivity index is 2.22. The Morgan fingerprint density at radius 2 is 1.63 bits per heavy atom. The molecule has 1 aliphatic rings. The van der Waals surface area contributed by atoms with Crippen LogP contribution in [0.1, 0.15) is 11.6 Å². The Morgan fingerprint density at radius 3 is 2.11 bits per heavy atom. The van der Waals surface area contributed by atoms with Crippen LogP contribution in [0.15, 0.2) is 12.1 Å². The Hall–Kier alpha value is -1.11. The minimum absolute atomic E-state index is 0.244. The molecule has 19 heavy (non-hydrogen) atoms. The zero-order valence-corrected chi connectivity index (χ0v) is 10.9. The molecular formula is C13H18F3N3. The van der Waals surface area contributed by atoms with Crippen LogP contribution in [0.3, 0.4) is 0 Å². The molecule has 0 spiro atoms. The number of hydrogen-bond acceptors (Lipinski definition) is 3. The second-order valence-electron chi connectivity index (χ2n) is 4.89. The summed E-state index contributed by atoms with van der Waals surface area (Å²) in [5.74, 6) is -3.76. The zero-order chi connectivity index (χ0) is 14.0. The third kappa shape index (κ3) is 3.08. The molecule has 1 atom stereocenters. The molecule has 6 heteroatoms. The summed E-state index contributed by atoms with van der Waals surface area (Å²) in [4.78, 5) is 4.25. The topological polar surface area (TPSA) is 32.5 Å². The molecule has 0 radical (unpaired) electrons. The predicted molar refractivity (Wildman–Crippen MR) is 67.2 cm³/mol. The van der Waals surface area contributed by atoms with Crippen LogP contribution in [0.4, 0.5) is 13.2 Å². The molecule has 1 fully saturated rings. The van der Waals surface area contributed by atoms with E-state index in [9.17, 15) is 13.2 Å². The first-order valence-corrected chi connectivity index (χ1v) is 6.30. The number of benzene rings is 1. The van der Waals surface area contributed by atoms with Crippen molar-refractivity contribution in [2.24, 2.45) is 5.73 Å². The Morgan fingerprint density at radius 1 is 1.11 bits per heavy atom. The third-order valence-electron chi connectivity index (χ3n) is 3.59. The van der Waals surface area contributed by atoms with Gasteiger partial charge in [-0.25, -0.2) is 13.2 Å². The maximum atomic E-state index is 13.3. The molecule has 3 nitrogen and oxygen atoms in total. The van der Waals surface area contributed by atoms with Crippen LogP contribution in [-0.2, 0) is 0 Å². The van der Waals surface area contributed by atoms with Gasteiger partial charge in [0.2, 0.25) is 0 Å². The van der Waals surface area contributed by atoms with E-state index < -0.39 is 17.5 Å². The molecule has 1 unspecified atom stereocenters. The summed E-state index contributed by atoms with van der Waals surface area (Å²) in [5, 5.41) is 0. The van der Waals surface area contributed by atoms with Crippen molar-refractivity contribution in [1.29, 1.82) is 0 Å². The molecule has 0 bridgehead atoms. The molecule has 2 N–H and O–H groups in total. The van der Waals surface area contributed by atoms with Crippen molar-refractivity contribution in [3.63, 3.8) is 0 Å². The molecule has 1 aromatic rings. The third-order valence-corrected chi connectivity index (χ3v) is 3.59. The maximum absolute atomic E-state index is 13.3. The standard InChI is InChI=1S/C13H18F3N3/c1-18-2-4-19(5-3-18)12(8-17)9-6-10(14)13(16)11(15)7-9/h6-7,12H,2-5,8,17H2,1H3. The normalized spacial score (nSPS) is 19.6. The number of nitrogens with zero attached hydrogens (tertiary/aromatic N) is 2. The van der Waals surface area contributed by atoms with Gasteiger partial charge < -0.3 is 10.6 Å². The van der Waals surface area contributed by atoms with Crippen LogP contribution >= 0.6 is 0 Å². The van der Waals surface area contributed by atoms with Crippen molar-refractivity contribution in [3.05, 3.63) is 35.1 Å². The van der Waals surface area contributed by atoms with Gasteiger partial charge in [0, 0.05) is 38.8 Å². The van der Waals surface area contributed by atoms with Crippen LogP contribution in [0.5, 0.6) is 0 Å². The summed E-state index contributed by atoms with van der Waals surface area (Å²) in [6.45, 7) is 3.55. The molecule has 0 aliphatic carbocycles. The van der Waals surface area contributed by atoms with E-state index in [1.165, 1.54) is 0 Å². The van der Waals surface area contributed by atoms with E-state index in [2.05, 4.69) is 9.80 Å². The minimum Gasteiger partial charge on any atom is -0.329 e. The van der Waals surface area contributed by atoms with Crippen molar-refractivity contribution in [1.82, 2.24) is 9.80 Å². The molecule has 2 rings (SSSR count). The van der Waals surface area contributed by atoms with Crippen LogP contribution in [0.25, 0.3) is 0 Å². The van der Waals surface area contributed by atoms with E-state index in [1.54, 1.807) is 0 Å². The SMILES string of the molecule is CN1CCN(C(CN)c2cc(F)c(F)c(F)c2)CC1. The van der Waals surface area contributed by atoms with Gasteiger partial charge in [-0.2, -0.15) is 0 Å². The van der Waals surface area contributed by atoms with Gasteiger partial charge in [-0.3, -0.25) is 4.90 Å². The highest BCUT2D eigenvalue weighted by Gasteiger charge is 2.24. The van der Waals surface area contributed by atoms with E-state index in [0.717, 1.165) is 38.3 Å². The first-order valence-electron chi connectivity index (χ1n) is 6.30. The quantitative estimate of drug-likeness (QED) is 0.844. The Bertz CT molecular complexity index is 422. The van der Waals surface area contributed by atoms with E-state index in [0.29, 0.717) is 5.56 Å². The van der Waals surface area contributed by atoms with Gasteiger partial charge in [0.25, 0.3) is 0 Å². The Kier molecular flexibility index (Phi) is 4.44. The predicted octanol–water partition coefficient (Wildman–Crippen LogP) is 1.35. The van der Waals surface area contributed by atoms with Crippen LogP contribution in [0.2, 0.25) is 0 Å². The fraction of sp³-hybridized carbons (Fsp3) is 0.538. The van der Waals surface area contributed by atoms with Crippen molar-refractivity contribution in [2.45, 2.75) is 6.04 Å². The van der Waals surface area contributed by atoms with E-state index in [4.69, 9.17) is 5.73 Å². The second-order valence-corrected chi connectivity index (χ2v) is 4.89. The van der Waals surface area contributed by atoms with Gasteiger partial charge in [0.1, 0.15) is 0 Å². The first kappa shape index (κ1) is 14.3. The highest BCUT2D eigenvalue weighted by atomic mass is 19.2. The second kappa shape index (κ2) is 5.90. The molecule has 1 aliphatic heterocycles. The van der Waals surface area contributed by atoms with Crippen molar-refractivity contribution in [2.75, 3.05) is 39.8 Å².